The summed E-state index contributed by atoms with van der Waals surface area (Å²) < 4.78 is 0. The van der Waals surface area contributed by atoms with E-state index in [9.17, 15) is 9.59 Å². The van der Waals surface area contributed by atoms with Crippen molar-refractivity contribution >= 4 is 29.2 Å². The van der Waals surface area contributed by atoms with Gasteiger partial charge in [-0.2, -0.15) is 0 Å². The van der Waals surface area contributed by atoms with Crippen LogP contribution in [0.2, 0.25) is 5.02 Å². The lowest BCUT2D eigenvalue weighted by molar-refractivity contribution is -0.133. The highest BCUT2D eigenvalue weighted by Crippen LogP contribution is 2.15. The van der Waals surface area contributed by atoms with Gasteiger partial charge >= 0.3 is 0 Å². The van der Waals surface area contributed by atoms with Crippen LogP contribution in [0.1, 0.15) is 28.8 Å². The SMILES string of the molecule is Cc1cc(N2CCN(C(=O)C(C)NC(=O)c3ccc(Cl)cc3)CC2)nc(C)n1. The Hall–Kier alpha value is -2.67. The summed E-state index contributed by atoms with van der Waals surface area (Å²) in [5, 5.41) is 3.33. The first-order chi connectivity index (χ1) is 13.3. The van der Waals surface area contributed by atoms with Gasteiger partial charge in [-0.05, 0) is 45.0 Å². The summed E-state index contributed by atoms with van der Waals surface area (Å²) in [5.41, 5.74) is 1.41. The standard InChI is InChI=1S/C20H24ClN5O2/c1-13-12-18(24-15(3)22-13)25-8-10-26(11-9-25)20(28)14(2)23-19(27)16-4-6-17(21)7-5-16/h4-7,12,14H,8-11H2,1-3H3,(H,23,27). The molecule has 1 N–H and O–H groups in total. The highest BCUT2D eigenvalue weighted by atomic mass is 35.5. The monoisotopic (exact) mass is 401 g/mol. The predicted molar refractivity (Wildman–Crippen MR) is 109 cm³/mol. The first-order valence-electron chi connectivity index (χ1n) is 9.26. The number of benzene rings is 1. The molecule has 2 heterocycles. The van der Waals surface area contributed by atoms with Crippen molar-refractivity contribution in [3.63, 3.8) is 0 Å². The number of anilines is 1. The van der Waals surface area contributed by atoms with Crippen molar-refractivity contribution in [1.82, 2.24) is 20.2 Å². The fourth-order valence-corrected chi connectivity index (χ4v) is 3.36. The first-order valence-corrected chi connectivity index (χ1v) is 9.64. The summed E-state index contributed by atoms with van der Waals surface area (Å²) in [6.45, 7) is 8.09. The number of amides is 2. The molecule has 1 atom stereocenters. The van der Waals surface area contributed by atoms with Gasteiger partial charge in [0.25, 0.3) is 5.91 Å². The molecular weight excluding hydrogens is 378 g/mol. The second-order valence-corrected chi connectivity index (χ2v) is 7.37. The Balaban J connectivity index is 1.55. The number of nitrogens with one attached hydrogen (secondary N) is 1. The molecule has 1 unspecified atom stereocenters. The van der Waals surface area contributed by atoms with E-state index >= 15 is 0 Å². The molecule has 148 valence electrons. The summed E-state index contributed by atoms with van der Waals surface area (Å²) >= 11 is 5.84. The van der Waals surface area contributed by atoms with E-state index in [1.807, 2.05) is 19.9 Å². The molecule has 2 amide bonds. The molecule has 1 saturated heterocycles. The van der Waals surface area contributed by atoms with Crippen molar-refractivity contribution in [2.75, 3.05) is 31.1 Å². The van der Waals surface area contributed by atoms with E-state index in [1.165, 1.54) is 0 Å². The van der Waals surface area contributed by atoms with Crippen LogP contribution in [0.15, 0.2) is 30.3 Å². The molecule has 0 spiro atoms. The van der Waals surface area contributed by atoms with Crippen LogP contribution in [-0.2, 0) is 4.79 Å². The Morgan fingerprint density at radius 1 is 1.07 bits per heavy atom. The largest absolute Gasteiger partial charge is 0.353 e. The zero-order chi connectivity index (χ0) is 20.3. The summed E-state index contributed by atoms with van der Waals surface area (Å²) in [4.78, 5) is 37.8. The number of hydrogen-bond donors (Lipinski definition) is 1. The quantitative estimate of drug-likeness (QED) is 0.849. The zero-order valence-electron chi connectivity index (χ0n) is 16.3. The Kier molecular flexibility index (Phi) is 6.14. The number of nitrogens with zero attached hydrogens (tertiary/aromatic N) is 4. The number of aryl methyl sites for hydroxylation is 2. The number of halogens is 1. The van der Waals surface area contributed by atoms with Gasteiger partial charge in [-0.1, -0.05) is 11.6 Å². The Labute approximate surface area is 169 Å². The molecule has 0 radical (unpaired) electrons. The average Bonchev–Trinajstić information content (AvgIpc) is 2.67. The van der Waals surface area contributed by atoms with E-state index in [0.717, 1.165) is 17.3 Å². The molecule has 1 aromatic heterocycles. The highest BCUT2D eigenvalue weighted by Gasteiger charge is 2.26. The fourth-order valence-electron chi connectivity index (χ4n) is 3.23. The van der Waals surface area contributed by atoms with Crippen LogP contribution in [0.3, 0.4) is 0 Å². The molecule has 1 aliphatic heterocycles. The van der Waals surface area contributed by atoms with Gasteiger partial charge in [-0.25, -0.2) is 9.97 Å². The molecule has 1 aliphatic rings. The molecule has 3 rings (SSSR count). The normalized spacial score (nSPS) is 15.3. The Morgan fingerprint density at radius 2 is 1.71 bits per heavy atom. The number of hydrogen-bond acceptors (Lipinski definition) is 5. The van der Waals surface area contributed by atoms with Gasteiger partial charge in [0, 0.05) is 48.5 Å². The zero-order valence-corrected chi connectivity index (χ0v) is 17.0. The van der Waals surface area contributed by atoms with E-state index in [4.69, 9.17) is 11.6 Å². The third-order valence-electron chi connectivity index (χ3n) is 4.69. The van der Waals surface area contributed by atoms with E-state index in [1.54, 1.807) is 36.1 Å². The van der Waals surface area contributed by atoms with Crippen molar-refractivity contribution in [3.05, 3.63) is 52.4 Å². The lowest BCUT2D eigenvalue weighted by Gasteiger charge is -2.36. The number of carbonyl (C=O) groups is 2. The van der Waals surface area contributed by atoms with Crippen LogP contribution in [0, 0.1) is 13.8 Å². The van der Waals surface area contributed by atoms with Crippen LogP contribution in [0.4, 0.5) is 5.82 Å². The maximum Gasteiger partial charge on any atom is 0.251 e. The summed E-state index contributed by atoms with van der Waals surface area (Å²) in [6.07, 6.45) is 0. The summed E-state index contributed by atoms with van der Waals surface area (Å²) in [6, 6.07) is 7.94. The number of piperazine rings is 1. The molecule has 1 aromatic carbocycles. The molecule has 28 heavy (non-hydrogen) atoms. The molecule has 0 saturated carbocycles. The Bertz CT molecular complexity index is 843. The maximum atomic E-state index is 12.7. The average molecular weight is 402 g/mol. The minimum atomic E-state index is -0.599. The van der Waals surface area contributed by atoms with E-state index in [2.05, 4.69) is 20.2 Å². The molecule has 8 heteroatoms. The highest BCUT2D eigenvalue weighted by molar-refractivity contribution is 6.30. The topological polar surface area (TPSA) is 78.4 Å². The maximum absolute atomic E-state index is 12.7. The minimum Gasteiger partial charge on any atom is -0.353 e. The van der Waals surface area contributed by atoms with Crippen molar-refractivity contribution in [2.45, 2.75) is 26.8 Å². The Morgan fingerprint density at radius 3 is 2.32 bits per heavy atom. The fraction of sp³-hybridized carbons (Fsp3) is 0.400. The predicted octanol–water partition coefficient (Wildman–Crippen LogP) is 2.21. The second kappa shape index (κ2) is 8.56. The van der Waals surface area contributed by atoms with Gasteiger partial charge in [0.2, 0.25) is 5.91 Å². The van der Waals surface area contributed by atoms with Crippen molar-refractivity contribution < 1.29 is 9.59 Å². The van der Waals surface area contributed by atoms with Gasteiger partial charge in [-0.15, -0.1) is 0 Å². The molecule has 0 bridgehead atoms. The van der Waals surface area contributed by atoms with Gasteiger partial charge in [0.1, 0.15) is 17.7 Å². The van der Waals surface area contributed by atoms with E-state index in [0.29, 0.717) is 36.8 Å². The van der Waals surface area contributed by atoms with Gasteiger partial charge in [-0.3, -0.25) is 9.59 Å². The molecule has 1 fully saturated rings. The van der Waals surface area contributed by atoms with Crippen LogP contribution >= 0.6 is 11.6 Å². The first kappa shape index (κ1) is 20.1. The lowest BCUT2D eigenvalue weighted by Crippen LogP contribution is -2.54. The summed E-state index contributed by atoms with van der Waals surface area (Å²) in [5.74, 6) is 1.26. The van der Waals surface area contributed by atoms with E-state index in [-0.39, 0.29) is 11.8 Å². The number of rotatable bonds is 4. The van der Waals surface area contributed by atoms with Gasteiger partial charge in [0.15, 0.2) is 0 Å². The van der Waals surface area contributed by atoms with Gasteiger partial charge < -0.3 is 15.1 Å². The molecule has 0 aliphatic carbocycles. The number of carbonyl (C=O) groups excluding carboxylic acids is 2. The molecule has 7 nitrogen and oxygen atoms in total. The van der Waals surface area contributed by atoms with Crippen molar-refractivity contribution in [3.8, 4) is 0 Å². The van der Waals surface area contributed by atoms with Gasteiger partial charge in [0.05, 0.1) is 0 Å². The third kappa shape index (κ3) is 4.78. The second-order valence-electron chi connectivity index (χ2n) is 6.93. The van der Waals surface area contributed by atoms with Crippen LogP contribution < -0.4 is 10.2 Å². The molecular formula is C20H24ClN5O2. The smallest absolute Gasteiger partial charge is 0.251 e. The van der Waals surface area contributed by atoms with Crippen LogP contribution in [0.5, 0.6) is 0 Å². The minimum absolute atomic E-state index is 0.0861. The van der Waals surface area contributed by atoms with Crippen LogP contribution in [-0.4, -0.2) is 58.9 Å². The van der Waals surface area contributed by atoms with E-state index < -0.39 is 6.04 Å². The number of aromatic nitrogens is 2. The van der Waals surface area contributed by atoms with Crippen LogP contribution in [0.25, 0.3) is 0 Å². The van der Waals surface area contributed by atoms with Crippen molar-refractivity contribution in [2.24, 2.45) is 0 Å². The molecule has 2 aromatic rings. The lowest BCUT2D eigenvalue weighted by atomic mass is 10.2. The third-order valence-corrected chi connectivity index (χ3v) is 4.94. The van der Waals surface area contributed by atoms with Crippen molar-refractivity contribution in [1.29, 1.82) is 0 Å². The summed E-state index contributed by atoms with van der Waals surface area (Å²) in [7, 11) is 0.